The summed E-state index contributed by atoms with van der Waals surface area (Å²) in [6.45, 7) is 1.29. The van der Waals surface area contributed by atoms with Crippen LogP contribution in [0.3, 0.4) is 0 Å². The molecule has 1 aliphatic heterocycles. The predicted octanol–water partition coefficient (Wildman–Crippen LogP) is 2.61. The van der Waals surface area contributed by atoms with Crippen LogP contribution in [0.15, 0.2) is 16.8 Å². The van der Waals surface area contributed by atoms with Gasteiger partial charge in [-0.2, -0.15) is 4.98 Å². The molecule has 0 bridgehead atoms. The average Bonchev–Trinajstić information content (AvgIpc) is 3.03. The molecule has 6 nitrogen and oxygen atoms in total. The van der Waals surface area contributed by atoms with E-state index in [0.717, 1.165) is 56.4 Å². The Kier molecular flexibility index (Phi) is 3.74. The Balaban J connectivity index is 1.42. The lowest BCUT2D eigenvalue weighted by Crippen LogP contribution is -2.32. The smallest absolute Gasteiger partial charge is 0.235 e. The van der Waals surface area contributed by atoms with Gasteiger partial charge in [0.2, 0.25) is 5.89 Å². The van der Waals surface area contributed by atoms with Gasteiger partial charge in [0, 0.05) is 25.1 Å². The Morgan fingerprint density at radius 2 is 2.23 bits per heavy atom. The fourth-order valence-corrected chi connectivity index (χ4v) is 4.69. The third-order valence-corrected chi connectivity index (χ3v) is 6.35. The summed E-state index contributed by atoms with van der Waals surface area (Å²) in [5.74, 6) is 3.03. The Morgan fingerprint density at radius 1 is 1.35 bits per heavy atom. The summed E-state index contributed by atoms with van der Waals surface area (Å²) in [6.07, 6.45) is 7.99. The van der Waals surface area contributed by atoms with E-state index in [-0.39, 0.29) is 17.6 Å². The molecule has 2 aromatic heterocycles. The maximum absolute atomic E-state index is 13.7. The number of aromatic nitrogens is 3. The Morgan fingerprint density at radius 3 is 3.04 bits per heavy atom. The van der Waals surface area contributed by atoms with Gasteiger partial charge in [0.25, 0.3) is 0 Å². The lowest BCUT2D eigenvalue weighted by atomic mass is 9.80. The number of fused-ring (bicyclic) bond motifs is 1. The molecule has 0 aromatic carbocycles. The fraction of sp³-hybridized carbons (Fsp3) is 0.632. The van der Waals surface area contributed by atoms with Crippen LogP contribution in [0, 0.1) is 17.7 Å². The minimum Gasteiger partial charge on any atom is -0.392 e. The third-order valence-electron chi connectivity index (χ3n) is 6.35. The maximum Gasteiger partial charge on any atom is 0.235 e. The second kappa shape index (κ2) is 6.01. The van der Waals surface area contributed by atoms with Crippen LogP contribution in [-0.2, 0) is 18.4 Å². The molecule has 0 radical (unpaired) electrons. The van der Waals surface area contributed by atoms with E-state index in [9.17, 15) is 9.50 Å². The zero-order chi connectivity index (χ0) is 17.7. The molecule has 0 spiro atoms. The van der Waals surface area contributed by atoms with Crippen molar-refractivity contribution < 1.29 is 14.0 Å². The van der Waals surface area contributed by atoms with Gasteiger partial charge in [-0.25, -0.2) is 9.37 Å². The van der Waals surface area contributed by atoms with Crippen molar-refractivity contribution in [2.75, 3.05) is 18.0 Å². The number of halogens is 1. The summed E-state index contributed by atoms with van der Waals surface area (Å²) in [6, 6.07) is 1.65. The van der Waals surface area contributed by atoms with E-state index >= 15 is 0 Å². The summed E-state index contributed by atoms with van der Waals surface area (Å²) in [5.41, 5.74) is 0.162. The first kappa shape index (κ1) is 16.2. The molecule has 2 aromatic rings. The number of hydrogen-bond acceptors (Lipinski definition) is 6. The topological polar surface area (TPSA) is 75.3 Å². The maximum atomic E-state index is 13.7. The van der Waals surface area contributed by atoms with Gasteiger partial charge in [-0.3, -0.25) is 0 Å². The van der Waals surface area contributed by atoms with E-state index in [1.54, 1.807) is 6.07 Å². The number of hydrogen-bond donors (Lipinski definition) is 1. The molecular weight excluding hydrogens is 335 g/mol. The summed E-state index contributed by atoms with van der Waals surface area (Å²) in [4.78, 5) is 11.2. The highest BCUT2D eigenvalue weighted by Crippen LogP contribution is 2.50. The summed E-state index contributed by atoms with van der Waals surface area (Å²) in [5, 5.41) is 13.6. The Hall–Kier alpha value is -2.02. The second-order valence-electron chi connectivity index (χ2n) is 8.08. The van der Waals surface area contributed by atoms with Crippen molar-refractivity contribution in [2.24, 2.45) is 11.8 Å². The molecule has 1 saturated heterocycles. The molecule has 3 heterocycles. The normalized spacial score (nSPS) is 27.9. The fourth-order valence-electron chi connectivity index (χ4n) is 4.69. The molecule has 1 N–H and O–H groups in total. The number of nitrogens with zero attached hydrogens (tertiary/aromatic N) is 4. The van der Waals surface area contributed by atoms with Crippen LogP contribution in [0.1, 0.15) is 49.4 Å². The average molecular weight is 358 g/mol. The molecule has 2 aliphatic carbocycles. The van der Waals surface area contributed by atoms with Gasteiger partial charge in [-0.1, -0.05) is 11.6 Å². The summed E-state index contributed by atoms with van der Waals surface area (Å²) >= 11 is 0. The molecule has 7 heteroatoms. The first-order chi connectivity index (χ1) is 12.7. The minimum absolute atomic E-state index is 0.121. The van der Waals surface area contributed by atoms with Crippen molar-refractivity contribution in [3.05, 3.63) is 35.4 Å². The van der Waals surface area contributed by atoms with E-state index in [1.807, 2.05) is 0 Å². The van der Waals surface area contributed by atoms with Crippen LogP contribution in [0.5, 0.6) is 0 Å². The van der Waals surface area contributed by atoms with Gasteiger partial charge in [0.1, 0.15) is 11.6 Å². The molecule has 138 valence electrons. The molecule has 0 amide bonds. The number of anilines is 1. The molecule has 2 atom stereocenters. The highest BCUT2D eigenvalue weighted by atomic mass is 19.1. The summed E-state index contributed by atoms with van der Waals surface area (Å²) in [7, 11) is 0. The molecule has 3 aliphatic rings. The van der Waals surface area contributed by atoms with E-state index in [1.165, 1.54) is 19.0 Å². The zero-order valence-corrected chi connectivity index (χ0v) is 14.7. The molecule has 2 saturated carbocycles. The van der Waals surface area contributed by atoms with Crippen LogP contribution in [0.25, 0.3) is 0 Å². The van der Waals surface area contributed by atoms with Crippen molar-refractivity contribution in [2.45, 2.75) is 50.5 Å². The van der Waals surface area contributed by atoms with Crippen molar-refractivity contribution in [1.29, 1.82) is 0 Å². The molecule has 26 heavy (non-hydrogen) atoms. The second-order valence-corrected chi connectivity index (χ2v) is 8.08. The standard InChI is InChI=1S/C19H23FN4O2/c20-15-8-21-17(7-13(15)10-25)24-9-14-2-1-5-19(14,11-24)18-22-16(23-26-18)6-12-3-4-12/h7-8,12,14,25H,1-6,9-11H2/t14-,19-/m1/s1. The number of aliphatic hydroxyl groups excluding tert-OH is 1. The van der Waals surface area contributed by atoms with E-state index < -0.39 is 5.82 Å². The van der Waals surface area contributed by atoms with Crippen LogP contribution >= 0.6 is 0 Å². The molecule has 5 rings (SSSR count). The number of aliphatic hydroxyl groups is 1. The Labute approximate surface area is 151 Å². The molecule has 0 unspecified atom stereocenters. The number of rotatable bonds is 5. The van der Waals surface area contributed by atoms with Crippen LogP contribution < -0.4 is 4.90 Å². The van der Waals surface area contributed by atoms with Gasteiger partial charge in [-0.05, 0) is 43.6 Å². The first-order valence-corrected chi connectivity index (χ1v) is 9.51. The van der Waals surface area contributed by atoms with Gasteiger partial charge in [-0.15, -0.1) is 0 Å². The molecular formula is C19H23FN4O2. The molecule has 3 fully saturated rings. The van der Waals surface area contributed by atoms with Crippen molar-refractivity contribution in [1.82, 2.24) is 15.1 Å². The third kappa shape index (κ3) is 2.60. The lowest BCUT2D eigenvalue weighted by molar-refractivity contribution is 0.265. The minimum atomic E-state index is -0.466. The van der Waals surface area contributed by atoms with Gasteiger partial charge < -0.3 is 14.5 Å². The zero-order valence-electron chi connectivity index (χ0n) is 14.7. The highest BCUT2D eigenvalue weighted by Gasteiger charge is 2.54. The SMILES string of the molecule is OCc1cc(N2C[C@H]3CCC[C@@]3(c3nc(CC4CC4)no3)C2)ncc1F. The van der Waals surface area contributed by atoms with E-state index in [0.29, 0.717) is 11.7 Å². The number of pyridine rings is 1. The highest BCUT2D eigenvalue weighted by molar-refractivity contribution is 5.45. The monoisotopic (exact) mass is 358 g/mol. The van der Waals surface area contributed by atoms with E-state index in [2.05, 4.69) is 15.0 Å². The lowest BCUT2D eigenvalue weighted by Gasteiger charge is -2.24. The quantitative estimate of drug-likeness (QED) is 0.885. The summed E-state index contributed by atoms with van der Waals surface area (Å²) < 4.78 is 19.4. The van der Waals surface area contributed by atoms with E-state index in [4.69, 9.17) is 9.51 Å². The van der Waals surface area contributed by atoms with Gasteiger partial charge in [0.05, 0.1) is 18.2 Å². The van der Waals surface area contributed by atoms with Crippen LogP contribution in [0.4, 0.5) is 10.2 Å². The van der Waals surface area contributed by atoms with Crippen molar-refractivity contribution in [3.8, 4) is 0 Å². The Bertz CT molecular complexity index is 822. The predicted molar refractivity (Wildman–Crippen MR) is 92.1 cm³/mol. The van der Waals surface area contributed by atoms with Crippen molar-refractivity contribution >= 4 is 5.82 Å². The van der Waals surface area contributed by atoms with Crippen LogP contribution in [-0.4, -0.2) is 33.3 Å². The largest absolute Gasteiger partial charge is 0.392 e. The van der Waals surface area contributed by atoms with Gasteiger partial charge >= 0.3 is 0 Å². The van der Waals surface area contributed by atoms with Gasteiger partial charge in [0.15, 0.2) is 5.82 Å². The first-order valence-electron chi connectivity index (χ1n) is 9.51. The van der Waals surface area contributed by atoms with Crippen LogP contribution in [0.2, 0.25) is 0 Å². The van der Waals surface area contributed by atoms with Crippen molar-refractivity contribution in [3.63, 3.8) is 0 Å².